The molecule has 2 N–H and O–H groups in total. The fraction of sp³-hybridized carbons (Fsp3) is 0.0714. The highest BCUT2D eigenvalue weighted by molar-refractivity contribution is 6.31. The number of anilines is 1. The number of nitrogens with one attached hydrogen (secondary N) is 1. The lowest BCUT2D eigenvalue weighted by Gasteiger charge is -2.18. The fourth-order valence-corrected chi connectivity index (χ4v) is 2.25. The highest BCUT2D eigenvalue weighted by Crippen LogP contribution is 2.29. The molecule has 3 nitrogen and oxygen atoms in total. The smallest absolute Gasteiger partial charge is 0.330 e. The molecule has 2 aromatic rings. The minimum absolute atomic E-state index is 0.0481. The molecule has 1 atom stereocenters. The molecule has 6 heteroatoms. The van der Waals surface area contributed by atoms with Crippen LogP contribution in [0.1, 0.15) is 11.6 Å². The minimum Gasteiger partial charge on any atom is -0.479 e. The Morgan fingerprint density at radius 1 is 1.20 bits per heavy atom. The van der Waals surface area contributed by atoms with Crippen molar-refractivity contribution in [3.8, 4) is 0 Å². The Balaban J connectivity index is 2.40. The fourth-order valence-electron chi connectivity index (χ4n) is 1.79. The zero-order valence-electron chi connectivity index (χ0n) is 10.1. The summed E-state index contributed by atoms with van der Waals surface area (Å²) in [5, 5.41) is 12.5. The van der Waals surface area contributed by atoms with Gasteiger partial charge in [-0.1, -0.05) is 35.3 Å². The molecule has 0 radical (unpaired) electrons. The third-order valence-corrected chi connectivity index (χ3v) is 3.24. The summed E-state index contributed by atoms with van der Waals surface area (Å²) in [6, 6.07) is 9.21. The predicted molar refractivity (Wildman–Crippen MR) is 76.9 cm³/mol. The summed E-state index contributed by atoms with van der Waals surface area (Å²) in [7, 11) is 0. The van der Waals surface area contributed by atoms with E-state index in [1.54, 1.807) is 24.3 Å². The van der Waals surface area contributed by atoms with Crippen LogP contribution in [0.2, 0.25) is 10.0 Å². The molecule has 0 aliphatic heterocycles. The molecule has 0 bridgehead atoms. The standard InChI is InChI=1S/C14H10Cl2FNO2/c15-8-3-1-4-9(7-8)18-13(14(19)20)12-10(16)5-2-6-11(12)17/h1-7,13,18H,(H,19,20). The van der Waals surface area contributed by atoms with Crippen LogP contribution < -0.4 is 5.32 Å². The SMILES string of the molecule is O=C(O)C(Nc1cccc(Cl)c1)c1c(F)cccc1Cl. The van der Waals surface area contributed by atoms with Crippen molar-refractivity contribution in [3.63, 3.8) is 0 Å². The molecule has 0 saturated heterocycles. The maximum absolute atomic E-state index is 13.8. The van der Waals surface area contributed by atoms with Gasteiger partial charge in [0, 0.05) is 21.3 Å². The zero-order valence-corrected chi connectivity index (χ0v) is 11.6. The van der Waals surface area contributed by atoms with Crippen molar-refractivity contribution in [1.29, 1.82) is 0 Å². The largest absolute Gasteiger partial charge is 0.479 e. The number of carboxylic acid groups (broad SMARTS) is 1. The normalized spacial score (nSPS) is 11.9. The maximum Gasteiger partial charge on any atom is 0.330 e. The van der Waals surface area contributed by atoms with Crippen LogP contribution in [-0.2, 0) is 4.79 Å². The topological polar surface area (TPSA) is 49.3 Å². The lowest BCUT2D eigenvalue weighted by molar-refractivity contribution is -0.138. The van der Waals surface area contributed by atoms with Crippen molar-refractivity contribution in [2.45, 2.75) is 6.04 Å². The molecule has 20 heavy (non-hydrogen) atoms. The van der Waals surface area contributed by atoms with E-state index in [1.165, 1.54) is 12.1 Å². The molecule has 1 unspecified atom stereocenters. The van der Waals surface area contributed by atoms with Crippen LogP contribution in [0.3, 0.4) is 0 Å². The van der Waals surface area contributed by atoms with Crippen LogP contribution in [0.4, 0.5) is 10.1 Å². The van der Waals surface area contributed by atoms with Crippen molar-refractivity contribution in [3.05, 3.63) is 63.9 Å². The number of rotatable bonds is 4. The Hall–Kier alpha value is -1.78. The molecular weight excluding hydrogens is 304 g/mol. The summed E-state index contributed by atoms with van der Waals surface area (Å²) >= 11 is 11.7. The number of carboxylic acids is 1. The van der Waals surface area contributed by atoms with E-state index in [9.17, 15) is 14.3 Å². The molecule has 0 fully saturated rings. The molecule has 0 saturated carbocycles. The highest BCUT2D eigenvalue weighted by Gasteiger charge is 2.25. The van der Waals surface area contributed by atoms with Crippen molar-refractivity contribution in [2.75, 3.05) is 5.32 Å². The number of benzene rings is 2. The van der Waals surface area contributed by atoms with E-state index in [1.807, 2.05) is 0 Å². The van der Waals surface area contributed by atoms with Gasteiger partial charge in [0.1, 0.15) is 5.82 Å². The van der Waals surface area contributed by atoms with E-state index in [0.29, 0.717) is 10.7 Å². The van der Waals surface area contributed by atoms with Gasteiger partial charge in [0.15, 0.2) is 6.04 Å². The Kier molecular flexibility index (Phi) is 4.47. The van der Waals surface area contributed by atoms with E-state index >= 15 is 0 Å². The number of hydrogen-bond acceptors (Lipinski definition) is 2. The van der Waals surface area contributed by atoms with Gasteiger partial charge in [-0.15, -0.1) is 0 Å². The Morgan fingerprint density at radius 2 is 1.90 bits per heavy atom. The first-order valence-electron chi connectivity index (χ1n) is 5.68. The summed E-state index contributed by atoms with van der Waals surface area (Å²) < 4.78 is 13.8. The summed E-state index contributed by atoms with van der Waals surface area (Å²) in [6.45, 7) is 0. The lowest BCUT2D eigenvalue weighted by Crippen LogP contribution is -2.22. The van der Waals surface area contributed by atoms with Crippen molar-refractivity contribution in [1.82, 2.24) is 0 Å². The molecule has 2 rings (SSSR count). The van der Waals surface area contributed by atoms with Crippen LogP contribution in [0.15, 0.2) is 42.5 Å². The molecule has 0 heterocycles. The van der Waals surface area contributed by atoms with Gasteiger partial charge in [-0.2, -0.15) is 0 Å². The number of carbonyl (C=O) groups is 1. The Labute approximate surface area is 124 Å². The van der Waals surface area contributed by atoms with Gasteiger partial charge in [0.25, 0.3) is 0 Å². The zero-order chi connectivity index (χ0) is 14.7. The van der Waals surface area contributed by atoms with Gasteiger partial charge in [-0.3, -0.25) is 0 Å². The quantitative estimate of drug-likeness (QED) is 0.881. The van der Waals surface area contributed by atoms with Crippen molar-refractivity contribution >= 4 is 34.9 Å². The molecular formula is C14H10Cl2FNO2. The van der Waals surface area contributed by atoms with E-state index in [0.717, 1.165) is 6.07 Å². The minimum atomic E-state index is -1.30. The van der Waals surface area contributed by atoms with Crippen LogP contribution >= 0.6 is 23.2 Å². The van der Waals surface area contributed by atoms with Gasteiger partial charge >= 0.3 is 5.97 Å². The van der Waals surface area contributed by atoms with Crippen molar-refractivity contribution < 1.29 is 14.3 Å². The number of hydrogen-bond donors (Lipinski definition) is 2. The second-order valence-corrected chi connectivity index (χ2v) is 4.90. The second-order valence-electron chi connectivity index (χ2n) is 4.06. The second kappa shape index (κ2) is 6.11. The monoisotopic (exact) mass is 313 g/mol. The maximum atomic E-state index is 13.8. The van der Waals surface area contributed by atoms with E-state index in [-0.39, 0.29) is 10.6 Å². The average molecular weight is 314 g/mol. The third kappa shape index (κ3) is 3.21. The predicted octanol–water partition coefficient (Wildman–Crippen LogP) is 4.37. The van der Waals surface area contributed by atoms with E-state index in [4.69, 9.17) is 23.2 Å². The van der Waals surface area contributed by atoms with Gasteiger partial charge in [-0.05, 0) is 30.3 Å². The summed E-state index contributed by atoms with van der Waals surface area (Å²) in [5.74, 6) is -1.92. The van der Waals surface area contributed by atoms with E-state index in [2.05, 4.69) is 5.32 Å². The molecule has 0 aliphatic rings. The highest BCUT2D eigenvalue weighted by atomic mass is 35.5. The van der Waals surface area contributed by atoms with Crippen molar-refractivity contribution in [2.24, 2.45) is 0 Å². The molecule has 0 aliphatic carbocycles. The van der Waals surface area contributed by atoms with Crippen LogP contribution in [0, 0.1) is 5.82 Å². The lowest BCUT2D eigenvalue weighted by atomic mass is 10.1. The first kappa shape index (κ1) is 14.6. The summed E-state index contributed by atoms with van der Waals surface area (Å²) in [5.41, 5.74) is 0.353. The first-order chi connectivity index (χ1) is 9.49. The molecule has 0 spiro atoms. The van der Waals surface area contributed by atoms with Gasteiger partial charge in [0.2, 0.25) is 0 Å². The van der Waals surface area contributed by atoms with Gasteiger partial charge < -0.3 is 10.4 Å². The van der Waals surface area contributed by atoms with Gasteiger partial charge in [0.05, 0.1) is 0 Å². The Bertz CT molecular complexity index is 629. The average Bonchev–Trinajstić information content (AvgIpc) is 2.37. The number of aliphatic carboxylic acids is 1. The summed E-state index contributed by atoms with van der Waals surface area (Å²) in [4.78, 5) is 11.4. The van der Waals surface area contributed by atoms with E-state index < -0.39 is 17.8 Å². The first-order valence-corrected chi connectivity index (χ1v) is 6.43. The Morgan fingerprint density at radius 3 is 2.50 bits per heavy atom. The molecule has 0 amide bonds. The third-order valence-electron chi connectivity index (χ3n) is 2.67. The molecule has 0 aromatic heterocycles. The number of halogens is 3. The van der Waals surface area contributed by atoms with Crippen LogP contribution in [0.5, 0.6) is 0 Å². The molecule has 2 aromatic carbocycles. The molecule has 104 valence electrons. The van der Waals surface area contributed by atoms with Crippen LogP contribution in [0.25, 0.3) is 0 Å². The van der Waals surface area contributed by atoms with Gasteiger partial charge in [-0.25, -0.2) is 9.18 Å². The van der Waals surface area contributed by atoms with Crippen LogP contribution in [-0.4, -0.2) is 11.1 Å². The summed E-state index contributed by atoms with van der Waals surface area (Å²) in [6.07, 6.45) is 0.